The van der Waals surface area contributed by atoms with Gasteiger partial charge in [-0.15, -0.1) is 0 Å². The number of rotatable bonds is 2. The lowest BCUT2D eigenvalue weighted by atomic mass is 10.2. The number of aromatic nitrogens is 2. The van der Waals surface area contributed by atoms with Crippen molar-refractivity contribution < 1.29 is 14.5 Å². The van der Waals surface area contributed by atoms with Crippen molar-refractivity contribution in [3.05, 3.63) is 21.6 Å². The van der Waals surface area contributed by atoms with E-state index in [1.807, 2.05) is 0 Å². The molecular formula is C13H18ClN5O4. The van der Waals surface area contributed by atoms with Crippen molar-refractivity contribution in [2.24, 2.45) is 0 Å². The van der Waals surface area contributed by atoms with Crippen molar-refractivity contribution in [3.8, 4) is 0 Å². The highest BCUT2D eigenvalue weighted by Crippen LogP contribution is 2.31. The zero-order chi connectivity index (χ0) is 17.2. The number of nitrogens with zero attached hydrogens (tertiary/aromatic N) is 5. The average molecular weight is 344 g/mol. The molecule has 10 heteroatoms. The summed E-state index contributed by atoms with van der Waals surface area (Å²) < 4.78 is 5.31. The predicted molar refractivity (Wildman–Crippen MR) is 83.7 cm³/mol. The number of carbonyl (C=O) groups is 1. The van der Waals surface area contributed by atoms with Gasteiger partial charge in [0.25, 0.3) is 0 Å². The molecule has 23 heavy (non-hydrogen) atoms. The lowest BCUT2D eigenvalue weighted by Crippen LogP contribution is -2.50. The van der Waals surface area contributed by atoms with Crippen LogP contribution in [0, 0.1) is 10.1 Å². The second kappa shape index (κ2) is 6.53. The van der Waals surface area contributed by atoms with Gasteiger partial charge >= 0.3 is 11.8 Å². The van der Waals surface area contributed by atoms with Gasteiger partial charge < -0.3 is 14.5 Å². The molecule has 0 unspecified atom stereocenters. The third kappa shape index (κ3) is 4.19. The first-order valence-corrected chi connectivity index (χ1v) is 7.44. The van der Waals surface area contributed by atoms with Crippen LogP contribution < -0.4 is 4.90 Å². The van der Waals surface area contributed by atoms with Crippen molar-refractivity contribution in [1.29, 1.82) is 0 Å². The Bertz CT molecular complexity index is 611. The van der Waals surface area contributed by atoms with Crippen LogP contribution in [-0.2, 0) is 4.74 Å². The highest BCUT2D eigenvalue weighted by Gasteiger charge is 2.31. The Labute approximate surface area is 138 Å². The van der Waals surface area contributed by atoms with Gasteiger partial charge in [-0.05, 0) is 20.8 Å². The first-order valence-electron chi connectivity index (χ1n) is 7.07. The molecule has 0 spiro atoms. The summed E-state index contributed by atoms with van der Waals surface area (Å²) in [5.74, 6) is 0.166. The molecule has 1 aliphatic heterocycles. The second-order valence-corrected chi connectivity index (χ2v) is 6.41. The number of amides is 1. The van der Waals surface area contributed by atoms with Crippen LogP contribution in [0.3, 0.4) is 0 Å². The van der Waals surface area contributed by atoms with E-state index < -0.39 is 16.6 Å². The average Bonchev–Trinajstić information content (AvgIpc) is 2.45. The zero-order valence-corrected chi connectivity index (χ0v) is 13.9. The molecule has 1 aliphatic rings. The first-order chi connectivity index (χ1) is 10.7. The van der Waals surface area contributed by atoms with Gasteiger partial charge in [-0.3, -0.25) is 10.1 Å². The highest BCUT2D eigenvalue weighted by molar-refractivity contribution is 6.31. The van der Waals surface area contributed by atoms with Crippen LogP contribution in [0.25, 0.3) is 0 Å². The zero-order valence-electron chi connectivity index (χ0n) is 13.2. The molecule has 0 saturated carbocycles. The molecule has 1 fully saturated rings. The lowest BCUT2D eigenvalue weighted by Gasteiger charge is -2.35. The van der Waals surface area contributed by atoms with E-state index in [1.54, 1.807) is 30.6 Å². The molecule has 1 aromatic rings. The number of ether oxygens (including phenoxy) is 1. The highest BCUT2D eigenvalue weighted by atomic mass is 35.5. The van der Waals surface area contributed by atoms with Crippen LogP contribution in [0.15, 0.2) is 6.33 Å². The van der Waals surface area contributed by atoms with Gasteiger partial charge in [0.15, 0.2) is 0 Å². The molecule has 1 saturated heterocycles. The van der Waals surface area contributed by atoms with Gasteiger partial charge in [-0.25, -0.2) is 14.8 Å². The number of piperazine rings is 1. The standard InChI is InChI=1S/C13H18ClN5O4/c1-13(2,3)23-12(20)18-6-4-17(5-7-18)11-9(19(21)22)10(14)15-8-16-11/h8H,4-7H2,1-3H3. The molecule has 2 rings (SSSR count). The Morgan fingerprint density at radius 3 is 2.43 bits per heavy atom. The summed E-state index contributed by atoms with van der Waals surface area (Å²) in [7, 11) is 0. The molecule has 0 N–H and O–H groups in total. The van der Waals surface area contributed by atoms with E-state index in [1.165, 1.54) is 6.33 Å². The number of anilines is 1. The van der Waals surface area contributed by atoms with Crippen molar-refractivity contribution >= 4 is 29.2 Å². The minimum absolute atomic E-state index is 0.166. The van der Waals surface area contributed by atoms with E-state index in [0.29, 0.717) is 26.2 Å². The number of hydrogen-bond donors (Lipinski definition) is 0. The minimum atomic E-state index is -0.599. The van der Waals surface area contributed by atoms with Crippen LogP contribution in [0.5, 0.6) is 0 Å². The SMILES string of the molecule is CC(C)(C)OC(=O)N1CCN(c2ncnc(Cl)c2[N+](=O)[O-])CC1. The molecule has 0 aromatic carbocycles. The summed E-state index contributed by atoms with van der Waals surface area (Å²) >= 11 is 5.79. The summed E-state index contributed by atoms with van der Waals surface area (Å²) in [5, 5.41) is 10.9. The normalized spacial score (nSPS) is 15.5. The maximum absolute atomic E-state index is 12.0. The smallest absolute Gasteiger partial charge is 0.410 e. The molecule has 0 atom stereocenters. The molecule has 1 amide bonds. The monoisotopic (exact) mass is 343 g/mol. The quantitative estimate of drug-likeness (QED) is 0.460. The Kier molecular flexibility index (Phi) is 4.88. The fraction of sp³-hybridized carbons (Fsp3) is 0.615. The number of halogens is 1. The van der Waals surface area contributed by atoms with Crippen LogP contribution in [0.4, 0.5) is 16.3 Å². The summed E-state index contributed by atoms with van der Waals surface area (Å²) in [5.41, 5.74) is -0.882. The lowest BCUT2D eigenvalue weighted by molar-refractivity contribution is -0.384. The Morgan fingerprint density at radius 1 is 1.30 bits per heavy atom. The van der Waals surface area contributed by atoms with Crippen molar-refractivity contribution in [2.45, 2.75) is 26.4 Å². The van der Waals surface area contributed by atoms with E-state index in [4.69, 9.17) is 16.3 Å². The van der Waals surface area contributed by atoms with E-state index >= 15 is 0 Å². The molecular weight excluding hydrogens is 326 g/mol. The van der Waals surface area contributed by atoms with Crippen molar-refractivity contribution in [1.82, 2.24) is 14.9 Å². The van der Waals surface area contributed by atoms with E-state index in [2.05, 4.69) is 9.97 Å². The fourth-order valence-electron chi connectivity index (χ4n) is 2.16. The summed E-state index contributed by atoms with van der Waals surface area (Å²) in [6.07, 6.45) is 0.789. The summed E-state index contributed by atoms with van der Waals surface area (Å²) in [6.45, 7) is 6.95. The second-order valence-electron chi connectivity index (χ2n) is 6.05. The van der Waals surface area contributed by atoms with Gasteiger partial charge in [-0.2, -0.15) is 0 Å². The number of carbonyl (C=O) groups excluding carboxylic acids is 1. The summed E-state index contributed by atoms with van der Waals surface area (Å²) in [4.78, 5) is 33.5. The third-order valence-electron chi connectivity index (χ3n) is 3.17. The van der Waals surface area contributed by atoms with Gasteiger partial charge in [0.2, 0.25) is 11.0 Å². The van der Waals surface area contributed by atoms with Crippen LogP contribution in [-0.4, -0.2) is 57.7 Å². The molecule has 0 aliphatic carbocycles. The van der Waals surface area contributed by atoms with Gasteiger partial charge in [0.1, 0.15) is 11.9 Å². The Hall–Kier alpha value is -2.16. The maximum atomic E-state index is 12.0. The van der Waals surface area contributed by atoms with Gasteiger partial charge in [-0.1, -0.05) is 11.6 Å². The molecule has 2 heterocycles. The van der Waals surface area contributed by atoms with Gasteiger partial charge in [0, 0.05) is 26.2 Å². The number of nitro groups is 1. The van der Waals surface area contributed by atoms with Crippen LogP contribution >= 0.6 is 11.6 Å². The van der Waals surface area contributed by atoms with Crippen molar-refractivity contribution in [3.63, 3.8) is 0 Å². The molecule has 1 aromatic heterocycles. The van der Waals surface area contributed by atoms with E-state index in [9.17, 15) is 14.9 Å². The molecule has 126 valence electrons. The Morgan fingerprint density at radius 2 is 1.91 bits per heavy atom. The third-order valence-corrected chi connectivity index (χ3v) is 3.45. The molecule has 0 radical (unpaired) electrons. The van der Waals surface area contributed by atoms with Crippen LogP contribution in [0.1, 0.15) is 20.8 Å². The largest absolute Gasteiger partial charge is 0.444 e. The minimum Gasteiger partial charge on any atom is -0.444 e. The first kappa shape index (κ1) is 17.2. The molecule has 0 bridgehead atoms. The maximum Gasteiger partial charge on any atom is 0.410 e. The van der Waals surface area contributed by atoms with E-state index in [-0.39, 0.29) is 16.7 Å². The van der Waals surface area contributed by atoms with Crippen LogP contribution in [0.2, 0.25) is 5.15 Å². The van der Waals surface area contributed by atoms with Gasteiger partial charge in [0.05, 0.1) is 4.92 Å². The molecule has 9 nitrogen and oxygen atoms in total. The predicted octanol–water partition coefficient (Wildman–Crippen LogP) is 2.10. The van der Waals surface area contributed by atoms with Crippen molar-refractivity contribution in [2.75, 3.05) is 31.1 Å². The Balaban J connectivity index is 2.07. The fourth-order valence-corrected chi connectivity index (χ4v) is 2.36. The van der Waals surface area contributed by atoms with E-state index in [0.717, 1.165) is 0 Å². The number of hydrogen-bond acceptors (Lipinski definition) is 7. The topological polar surface area (TPSA) is 102 Å². The summed E-state index contributed by atoms with van der Waals surface area (Å²) in [6, 6.07) is 0.